The molecule has 32 heavy (non-hydrogen) atoms. The fourth-order valence-corrected chi connectivity index (χ4v) is 4.80. The van der Waals surface area contributed by atoms with Crippen molar-refractivity contribution >= 4 is 5.91 Å². The summed E-state index contributed by atoms with van der Waals surface area (Å²) in [5.74, 6) is 2.03. The van der Waals surface area contributed by atoms with E-state index in [4.69, 9.17) is 9.47 Å². The van der Waals surface area contributed by atoms with Gasteiger partial charge in [-0.1, -0.05) is 32.0 Å². The molecule has 2 aliphatic heterocycles. The van der Waals surface area contributed by atoms with Crippen LogP contribution in [0.15, 0.2) is 42.5 Å². The molecule has 0 N–H and O–H groups in total. The van der Waals surface area contributed by atoms with Crippen LogP contribution in [0.25, 0.3) is 0 Å². The number of carbonyl (C=O) groups excluding carboxylic acids is 1. The third-order valence-electron chi connectivity index (χ3n) is 6.49. The number of rotatable bonds is 7. The summed E-state index contributed by atoms with van der Waals surface area (Å²) < 4.78 is 24.5. The van der Waals surface area contributed by atoms with Gasteiger partial charge in [0.1, 0.15) is 5.82 Å². The van der Waals surface area contributed by atoms with Crippen molar-refractivity contribution in [1.82, 2.24) is 9.80 Å². The topological polar surface area (TPSA) is 42.0 Å². The predicted molar refractivity (Wildman–Crippen MR) is 122 cm³/mol. The number of halogens is 1. The normalized spacial score (nSPS) is 20.3. The van der Waals surface area contributed by atoms with E-state index in [9.17, 15) is 9.18 Å². The summed E-state index contributed by atoms with van der Waals surface area (Å²) in [6, 6.07) is 13.1. The highest BCUT2D eigenvalue weighted by atomic mass is 19.1. The molecule has 6 heteroatoms. The number of hydrogen-bond donors (Lipinski definition) is 0. The Balaban J connectivity index is 1.54. The fraction of sp³-hybridized carbons (Fsp3) is 0.500. The number of nitrogens with zero attached hydrogens (tertiary/aromatic N) is 2. The maximum absolute atomic E-state index is 13.6. The summed E-state index contributed by atoms with van der Waals surface area (Å²) in [6.45, 7) is 11.6. The van der Waals surface area contributed by atoms with Gasteiger partial charge in [0.15, 0.2) is 11.5 Å². The van der Waals surface area contributed by atoms with E-state index in [2.05, 4.69) is 24.8 Å². The van der Waals surface area contributed by atoms with Gasteiger partial charge >= 0.3 is 0 Å². The van der Waals surface area contributed by atoms with Crippen molar-refractivity contribution in [2.24, 2.45) is 11.8 Å². The minimum atomic E-state index is -0.223. The summed E-state index contributed by atoms with van der Waals surface area (Å²) in [5, 5.41) is 0. The molecule has 1 saturated heterocycles. The van der Waals surface area contributed by atoms with Gasteiger partial charge < -0.3 is 14.4 Å². The Morgan fingerprint density at radius 1 is 1.06 bits per heavy atom. The van der Waals surface area contributed by atoms with Crippen molar-refractivity contribution in [2.75, 3.05) is 26.4 Å². The quantitative estimate of drug-likeness (QED) is 0.628. The molecule has 2 aromatic rings. The lowest BCUT2D eigenvalue weighted by Gasteiger charge is -2.33. The highest BCUT2D eigenvalue weighted by Crippen LogP contribution is 2.37. The van der Waals surface area contributed by atoms with E-state index in [1.165, 1.54) is 17.7 Å². The van der Waals surface area contributed by atoms with Crippen LogP contribution in [0.2, 0.25) is 0 Å². The van der Waals surface area contributed by atoms with Gasteiger partial charge in [0.05, 0.1) is 0 Å². The molecule has 5 nitrogen and oxygen atoms in total. The largest absolute Gasteiger partial charge is 0.454 e. The Bertz CT molecular complexity index is 945. The van der Waals surface area contributed by atoms with Gasteiger partial charge in [-0.25, -0.2) is 4.39 Å². The zero-order valence-electron chi connectivity index (χ0n) is 19.4. The number of carbonyl (C=O) groups is 1. The highest BCUT2D eigenvalue weighted by Gasteiger charge is 2.36. The van der Waals surface area contributed by atoms with Gasteiger partial charge in [0.25, 0.3) is 0 Å². The van der Waals surface area contributed by atoms with Crippen LogP contribution in [0.5, 0.6) is 11.5 Å². The van der Waals surface area contributed by atoms with E-state index in [0.29, 0.717) is 6.54 Å². The molecule has 0 radical (unpaired) electrons. The lowest BCUT2D eigenvalue weighted by molar-refractivity contribution is -0.136. The summed E-state index contributed by atoms with van der Waals surface area (Å²) >= 11 is 0. The molecule has 1 fully saturated rings. The minimum Gasteiger partial charge on any atom is -0.454 e. The molecule has 2 aromatic carbocycles. The Hall–Kier alpha value is -2.60. The molecular weight excluding hydrogens is 407 g/mol. The molecule has 2 aliphatic rings. The van der Waals surface area contributed by atoms with Crippen LogP contribution >= 0.6 is 0 Å². The maximum atomic E-state index is 13.6. The Morgan fingerprint density at radius 3 is 2.47 bits per heavy atom. The number of benzene rings is 2. The first-order valence-electron chi connectivity index (χ1n) is 11.5. The van der Waals surface area contributed by atoms with Crippen LogP contribution in [-0.2, 0) is 11.3 Å². The monoisotopic (exact) mass is 440 g/mol. The Labute approximate surface area is 190 Å². The van der Waals surface area contributed by atoms with E-state index in [1.54, 1.807) is 0 Å². The first-order chi connectivity index (χ1) is 15.3. The second-order valence-corrected chi connectivity index (χ2v) is 9.54. The van der Waals surface area contributed by atoms with Crippen LogP contribution in [0.3, 0.4) is 0 Å². The molecule has 2 atom stereocenters. The van der Waals surface area contributed by atoms with Crippen molar-refractivity contribution in [1.29, 1.82) is 0 Å². The molecule has 0 spiro atoms. The van der Waals surface area contributed by atoms with Gasteiger partial charge in [0.2, 0.25) is 12.7 Å². The number of hydrogen-bond acceptors (Lipinski definition) is 4. The van der Waals surface area contributed by atoms with Gasteiger partial charge in [0, 0.05) is 44.1 Å². The van der Waals surface area contributed by atoms with Crippen molar-refractivity contribution in [3.05, 3.63) is 59.4 Å². The Kier molecular flexibility index (Phi) is 6.70. The SMILES string of the molecule is CC(C)C(=O)N(C[C@H]1CN(Cc2ccc3c(c2)OCO3)C[C@@H]1c1ccc(F)cc1)C(C)C. The first kappa shape index (κ1) is 22.6. The van der Waals surface area contributed by atoms with Crippen LogP contribution in [0.4, 0.5) is 4.39 Å². The van der Waals surface area contributed by atoms with Gasteiger partial charge in [-0.15, -0.1) is 0 Å². The van der Waals surface area contributed by atoms with E-state index >= 15 is 0 Å². The van der Waals surface area contributed by atoms with Crippen molar-refractivity contribution in [3.8, 4) is 11.5 Å². The predicted octanol–water partition coefficient (Wildman–Crippen LogP) is 4.66. The first-order valence-corrected chi connectivity index (χ1v) is 11.5. The van der Waals surface area contributed by atoms with Crippen LogP contribution in [0.1, 0.15) is 44.7 Å². The van der Waals surface area contributed by atoms with Gasteiger partial charge in [-0.2, -0.15) is 0 Å². The fourth-order valence-electron chi connectivity index (χ4n) is 4.80. The van der Waals surface area contributed by atoms with E-state index in [0.717, 1.165) is 36.7 Å². The molecule has 0 unspecified atom stereocenters. The molecule has 0 aliphatic carbocycles. The van der Waals surface area contributed by atoms with E-state index < -0.39 is 0 Å². The van der Waals surface area contributed by atoms with Crippen LogP contribution < -0.4 is 9.47 Å². The highest BCUT2D eigenvalue weighted by molar-refractivity contribution is 5.78. The molecule has 0 aromatic heterocycles. The molecule has 2 heterocycles. The van der Waals surface area contributed by atoms with Crippen LogP contribution in [-0.4, -0.2) is 48.2 Å². The summed E-state index contributed by atoms with van der Waals surface area (Å²) in [5.41, 5.74) is 2.30. The second kappa shape index (κ2) is 9.49. The number of amides is 1. The third-order valence-corrected chi connectivity index (χ3v) is 6.49. The van der Waals surface area contributed by atoms with Crippen molar-refractivity contribution in [3.63, 3.8) is 0 Å². The zero-order valence-corrected chi connectivity index (χ0v) is 19.4. The third kappa shape index (κ3) is 4.90. The summed E-state index contributed by atoms with van der Waals surface area (Å²) in [7, 11) is 0. The maximum Gasteiger partial charge on any atom is 0.231 e. The smallest absolute Gasteiger partial charge is 0.231 e. The average molecular weight is 441 g/mol. The lowest BCUT2D eigenvalue weighted by atomic mass is 9.88. The Morgan fingerprint density at radius 2 is 1.78 bits per heavy atom. The number of likely N-dealkylation sites (tertiary alicyclic amines) is 1. The molecule has 172 valence electrons. The molecule has 0 saturated carbocycles. The zero-order chi connectivity index (χ0) is 22.8. The summed E-state index contributed by atoms with van der Waals surface area (Å²) in [4.78, 5) is 17.3. The number of fused-ring (bicyclic) bond motifs is 1. The van der Waals surface area contributed by atoms with Crippen molar-refractivity contribution < 1.29 is 18.7 Å². The number of ether oxygens (including phenoxy) is 2. The van der Waals surface area contributed by atoms with Crippen LogP contribution in [0, 0.1) is 17.7 Å². The van der Waals surface area contributed by atoms with Gasteiger partial charge in [-0.3, -0.25) is 9.69 Å². The standard InChI is InChI=1S/C26H33FN2O3/c1-17(2)26(30)29(18(3)4)14-21-13-28(15-23(21)20-6-8-22(27)9-7-20)12-19-5-10-24-25(11-19)32-16-31-24/h5-11,17-18,21,23H,12-16H2,1-4H3/t21-,23-/m1/s1. The van der Waals surface area contributed by atoms with Crippen molar-refractivity contribution in [2.45, 2.75) is 46.2 Å². The van der Waals surface area contributed by atoms with E-state index in [1.807, 2.05) is 43.0 Å². The molecule has 1 amide bonds. The molecule has 0 bridgehead atoms. The second-order valence-electron chi connectivity index (χ2n) is 9.54. The summed E-state index contributed by atoms with van der Waals surface area (Å²) in [6.07, 6.45) is 0. The lowest BCUT2D eigenvalue weighted by Crippen LogP contribution is -2.43. The molecule has 4 rings (SSSR count). The molecular formula is C26H33FN2O3. The average Bonchev–Trinajstić information content (AvgIpc) is 3.38. The minimum absolute atomic E-state index is 0.0344. The van der Waals surface area contributed by atoms with E-state index in [-0.39, 0.29) is 42.3 Å². The van der Waals surface area contributed by atoms with Gasteiger partial charge in [-0.05, 0) is 55.2 Å².